The van der Waals surface area contributed by atoms with Crippen LogP contribution in [0.1, 0.15) is 39.3 Å². The average molecular weight is 416 g/mol. The molecule has 0 atom stereocenters. The van der Waals surface area contributed by atoms with Gasteiger partial charge in [-0.2, -0.15) is 0 Å². The second kappa shape index (κ2) is 9.33. The van der Waals surface area contributed by atoms with Crippen molar-refractivity contribution in [3.63, 3.8) is 0 Å². The normalized spacial score (nSPS) is 10.7. The number of hydrogen-bond acceptors (Lipinski definition) is 5. The van der Waals surface area contributed by atoms with Crippen LogP contribution in [0, 0.1) is 0 Å². The van der Waals surface area contributed by atoms with E-state index in [0.29, 0.717) is 23.1 Å². The van der Waals surface area contributed by atoms with Crippen molar-refractivity contribution in [2.75, 3.05) is 11.9 Å². The summed E-state index contributed by atoms with van der Waals surface area (Å²) in [6, 6.07) is 27.5. The summed E-state index contributed by atoms with van der Waals surface area (Å²) in [5.74, 6) is 0.378. The summed E-state index contributed by atoms with van der Waals surface area (Å²) in [5, 5.41) is 12.8. The molecule has 0 fully saturated rings. The number of amides is 1. The molecule has 6 heteroatoms. The van der Waals surface area contributed by atoms with Gasteiger partial charge in [-0.1, -0.05) is 78.1 Å². The van der Waals surface area contributed by atoms with E-state index in [1.807, 2.05) is 49.4 Å². The fourth-order valence-corrected chi connectivity index (χ4v) is 4.13. The molecule has 0 saturated heterocycles. The predicted molar refractivity (Wildman–Crippen MR) is 119 cm³/mol. The maximum absolute atomic E-state index is 12.7. The van der Waals surface area contributed by atoms with Crippen molar-refractivity contribution < 1.29 is 9.53 Å². The first kappa shape index (κ1) is 19.8. The molecule has 1 heterocycles. The molecular formula is C24H21N3O2S. The van der Waals surface area contributed by atoms with Crippen LogP contribution in [-0.4, -0.2) is 22.7 Å². The van der Waals surface area contributed by atoms with Gasteiger partial charge in [-0.3, -0.25) is 10.1 Å². The number of ether oxygens (including phenoxy) is 1. The van der Waals surface area contributed by atoms with E-state index in [-0.39, 0.29) is 11.8 Å². The zero-order valence-electron chi connectivity index (χ0n) is 16.5. The number of hydrogen-bond donors (Lipinski definition) is 1. The molecule has 0 radical (unpaired) electrons. The van der Waals surface area contributed by atoms with Gasteiger partial charge in [0.1, 0.15) is 10.8 Å². The first-order valence-electron chi connectivity index (χ1n) is 9.72. The standard InChI is InChI=1S/C24H21N3O2S/c1-2-29-20-15-9-14-19(16-20)22(28)25-24-27-26-23(30-24)21(17-10-5-3-6-11-17)18-12-7-4-8-13-18/h3-16,21H,2H2,1H3,(H,25,27,28). The minimum atomic E-state index is -0.241. The van der Waals surface area contributed by atoms with Crippen LogP contribution < -0.4 is 10.1 Å². The van der Waals surface area contributed by atoms with Gasteiger partial charge in [0.25, 0.3) is 5.91 Å². The molecule has 0 aliphatic carbocycles. The second-order valence-corrected chi connectivity index (χ2v) is 7.62. The highest BCUT2D eigenvalue weighted by Crippen LogP contribution is 2.34. The fraction of sp³-hybridized carbons (Fsp3) is 0.125. The smallest absolute Gasteiger partial charge is 0.257 e. The molecule has 0 spiro atoms. The quantitative estimate of drug-likeness (QED) is 0.441. The van der Waals surface area contributed by atoms with Gasteiger partial charge in [-0.05, 0) is 36.2 Å². The van der Waals surface area contributed by atoms with Gasteiger partial charge in [0.2, 0.25) is 5.13 Å². The summed E-state index contributed by atoms with van der Waals surface area (Å²) in [7, 11) is 0. The number of rotatable bonds is 7. The first-order valence-corrected chi connectivity index (χ1v) is 10.5. The van der Waals surface area contributed by atoms with Crippen LogP contribution in [0.2, 0.25) is 0 Å². The zero-order chi connectivity index (χ0) is 20.8. The van der Waals surface area contributed by atoms with Crippen molar-refractivity contribution in [1.82, 2.24) is 10.2 Å². The molecule has 1 amide bonds. The Balaban J connectivity index is 1.59. The number of carbonyl (C=O) groups excluding carboxylic acids is 1. The molecule has 30 heavy (non-hydrogen) atoms. The predicted octanol–water partition coefficient (Wildman–Crippen LogP) is 5.37. The molecule has 1 N–H and O–H groups in total. The van der Waals surface area contributed by atoms with E-state index < -0.39 is 0 Å². The Morgan fingerprint density at radius 2 is 1.60 bits per heavy atom. The Kier molecular flexibility index (Phi) is 6.15. The van der Waals surface area contributed by atoms with Crippen molar-refractivity contribution >= 4 is 22.4 Å². The molecule has 0 unspecified atom stereocenters. The minimum Gasteiger partial charge on any atom is -0.494 e. The third-order valence-corrected chi connectivity index (χ3v) is 5.48. The van der Waals surface area contributed by atoms with Gasteiger partial charge >= 0.3 is 0 Å². The Morgan fingerprint density at radius 3 is 2.23 bits per heavy atom. The lowest BCUT2D eigenvalue weighted by Gasteiger charge is -2.14. The number of carbonyl (C=O) groups is 1. The van der Waals surface area contributed by atoms with Crippen LogP contribution in [0.5, 0.6) is 5.75 Å². The number of nitrogens with one attached hydrogen (secondary N) is 1. The Morgan fingerprint density at radius 1 is 0.933 bits per heavy atom. The molecular weight excluding hydrogens is 394 g/mol. The van der Waals surface area contributed by atoms with Crippen LogP contribution in [0.4, 0.5) is 5.13 Å². The molecule has 0 aliphatic heterocycles. The Hall–Kier alpha value is -3.51. The molecule has 4 rings (SSSR count). The van der Waals surface area contributed by atoms with Crippen molar-refractivity contribution in [2.45, 2.75) is 12.8 Å². The SMILES string of the molecule is CCOc1cccc(C(=O)Nc2nnc(C(c3ccccc3)c3ccccc3)s2)c1. The molecule has 5 nitrogen and oxygen atoms in total. The number of nitrogens with zero attached hydrogens (tertiary/aromatic N) is 2. The third kappa shape index (κ3) is 4.55. The van der Waals surface area contributed by atoms with E-state index in [4.69, 9.17) is 4.74 Å². The number of anilines is 1. The number of benzene rings is 3. The zero-order valence-corrected chi connectivity index (χ0v) is 17.3. The van der Waals surface area contributed by atoms with Gasteiger partial charge in [0, 0.05) is 5.56 Å². The lowest BCUT2D eigenvalue weighted by atomic mass is 9.92. The van der Waals surface area contributed by atoms with Crippen LogP contribution in [0.3, 0.4) is 0 Å². The fourth-order valence-electron chi connectivity index (χ4n) is 3.23. The van der Waals surface area contributed by atoms with Crippen molar-refractivity contribution in [2.24, 2.45) is 0 Å². The van der Waals surface area contributed by atoms with E-state index >= 15 is 0 Å². The monoisotopic (exact) mass is 415 g/mol. The summed E-state index contributed by atoms with van der Waals surface area (Å²) >= 11 is 1.38. The lowest BCUT2D eigenvalue weighted by Crippen LogP contribution is -2.11. The van der Waals surface area contributed by atoms with Crippen LogP contribution in [0.25, 0.3) is 0 Å². The van der Waals surface area contributed by atoms with E-state index in [2.05, 4.69) is 39.8 Å². The summed E-state index contributed by atoms with van der Waals surface area (Å²) in [6.07, 6.45) is 0. The van der Waals surface area contributed by atoms with E-state index in [1.54, 1.807) is 18.2 Å². The van der Waals surface area contributed by atoms with Gasteiger partial charge in [-0.25, -0.2) is 0 Å². The molecule has 0 aliphatic rings. The van der Waals surface area contributed by atoms with Gasteiger partial charge in [0.05, 0.1) is 12.5 Å². The third-order valence-electron chi connectivity index (χ3n) is 4.58. The highest BCUT2D eigenvalue weighted by Gasteiger charge is 2.21. The summed E-state index contributed by atoms with van der Waals surface area (Å²) in [6.45, 7) is 2.45. The van der Waals surface area contributed by atoms with Crippen LogP contribution in [0.15, 0.2) is 84.9 Å². The molecule has 4 aromatic rings. The summed E-state index contributed by atoms with van der Waals surface area (Å²) in [5.41, 5.74) is 2.77. The maximum atomic E-state index is 12.7. The topological polar surface area (TPSA) is 64.1 Å². The molecule has 3 aromatic carbocycles. The van der Waals surface area contributed by atoms with Gasteiger partial charge < -0.3 is 4.74 Å². The number of aromatic nitrogens is 2. The largest absolute Gasteiger partial charge is 0.494 e. The second-order valence-electron chi connectivity index (χ2n) is 6.61. The van der Waals surface area contributed by atoms with Crippen molar-refractivity contribution in [3.05, 3.63) is 107 Å². The first-order chi connectivity index (χ1) is 14.7. The highest BCUT2D eigenvalue weighted by molar-refractivity contribution is 7.15. The maximum Gasteiger partial charge on any atom is 0.257 e. The molecule has 1 aromatic heterocycles. The Bertz CT molecular complexity index is 1070. The van der Waals surface area contributed by atoms with Crippen LogP contribution >= 0.6 is 11.3 Å². The van der Waals surface area contributed by atoms with E-state index in [0.717, 1.165) is 16.1 Å². The van der Waals surface area contributed by atoms with E-state index in [9.17, 15) is 4.79 Å². The minimum absolute atomic E-state index is 0.0446. The molecule has 150 valence electrons. The van der Waals surface area contributed by atoms with Crippen LogP contribution in [-0.2, 0) is 0 Å². The van der Waals surface area contributed by atoms with Gasteiger partial charge in [0.15, 0.2) is 0 Å². The highest BCUT2D eigenvalue weighted by atomic mass is 32.1. The summed E-state index contributed by atoms with van der Waals surface area (Å²) in [4.78, 5) is 12.7. The molecule has 0 bridgehead atoms. The van der Waals surface area contributed by atoms with E-state index in [1.165, 1.54) is 11.3 Å². The molecule has 0 saturated carbocycles. The van der Waals surface area contributed by atoms with Gasteiger partial charge in [-0.15, -0.1) is 10.2 Å². The average Bonchev–Trinajstić information content (AvgIpc) is 3.24. The van der Waals surface area contributed by atoms with Crippen molar-refractivity contribution in [1.29, 1.82) is 0 Å². The Labute approximate surface area is 179 Å². The lowest BCUT2D eigenvalue weighted by molar-refractivity contribution is 0.102. The summed E-state index contributed by atoms with van der Waals surface area (Å²) < 4.78 is 5.48. The van der Waals surface area contributed by atoms with Crippen molar-refractivity contribution in [3.8, 4) is 5.75 Å².